The molecule has 2 fully saturated rings. The SMILES string of the molecule is CC1CCN(C(=O)C2(n3cccn3)CC2)CCS1. The van der Waals surface area contributed by atoms with Gasteiger partial charge >= 0.3 is 0 Å². The van der Waals surface area contributed by atoms with Crippen LogP contribution in [0.25, 0.3) is 0 Å². The van der Waals surface area contributed by atoms with E-state index in [0.717, 1.165) is 38.1 Å². The van der Waals surface area contributed by atoms with Gasteiger partial charge in [-0.25, -0.2) is 0 Å². The summed E-state index contributed by atoms with van der Waals surface area (Å²) in [6, 6.07) is 1.90. The summed E-state index contributed by atoms with van der Waals surface area (Å²) < 4.78 is 1.86. The number of nitrogens with zero attached hydrogens (tertiary/aromatic N) is 3. The molecule has 0 N–H and O–H groups in total. The predicted molar refractivity (Wildman–Crippen MR) is 72.6 cm³/mol. The van der Waals surface area contributed by atoms with Gasteiger partial charge in [0.25, 0.3) is 5.91 Å². The van der Waals surface area contributed by atoms with Crippen LogP contribution in [-0.4, -0.2) is 44.7 Å². The van der Waals surface area contributed by atoms with E-state index < -0.39 is 0 Å². The fourth-order valence-electron chi connectivity index (χ4n) is 2.58. The average Bonchev–Trinajstić information content (AvgIpc) is 3.06. The monoisotopic (exact) mass is 265 g/mol. The van der Waals surface area contributed by atoms with E-state index in [9.17, 15) is 4.79 Å². The van der Waals surface area contributed by atoms with Gasteiger partial charge in [-0.2, -0.15) is 16.9 Å². The minimum Gasteiger partial charge on any atom is -0.340 e. The lowest BCUT2D eigenvalue weighted by Gasteiger charge is -2.26. The first-order chi connectivity index (χ1) is 8.72. The number of aromatic nitrogens is 2. The van der Waals surface area contributed by atoms with E-state index in [2.05, 4.69) is 12.0 Å². The maximum Gasteiger partial charge on any atom is 0.250 e. The summed E-state index contributed by atoms with van der Waals surface area (Å²) in [5, 5.41) is 4.94. The van der Waals surface area contributed by atoms with Crippen LogP contribution in [0.2, 0.25) is 0 Å². The molecule has 5 heteroatoms. The Hall–Kier alpha value is -0.970. The molecule has 1 aromatic rings. The number of hydrogen-bond donors (Lipinski definition) is 0. The van der Waals surface area contributed by atoms with Crippen LogP contribution in [0.4, 0.5) is 0 Å². The second-order valence-electron chi connectivity index (χ2n) is 5.24. The van der Waals surface area contributed by atoms with Crippen LogP contribution in [0.15, 0.2) is 18.5 Å². The van der Waals surface area contributed by atoms with Gasteiger partial charge in [-0.15, -0.1) is 0 Å². The molecule has 1 aliphatic heterocycles. The maximum atomic E-state index is 12.7. The molecule has 98 valence electrons. The summed E-state index contributed by atoms with van der Waals surface area (Å²) >= 11 is 1.97. The van der Waals surface area contributed by atoms with Gasteiger partial charge in [0.05, 0.1) is 0 Å². The molecule has 2 aliphatic rings. The lowest BCUT2D eigenvalue weighted by atomic mass is 10.2. The van der Waals surface area contributed by atoms with Crippen molar-refractivity contribution >= 4 is 17.7 Å². The second-order valence-corrected chi connectivity index (χ2v) is 6.79. The smallest absolute Gasteiger partial charge is 0.250 e. The molecular weight excluding hydrogens is 246 g/mol. The first-order valence-electron chi connectivity index (χ1n) is 6.63. The summed E-state index contributed by atoms with van der Waals surface area (Å²) in [5.74, 6) is 1.34. The summed E-state index contributed by atoms with van der Waals surface area (Å²) in [4.78, 5) is 14.7. The fraction of sp³-hybridized carbons (Fsp3) is 0.692. The van der Waals surface area contributed by atoms with Crippen LogP contribution in [0, 0.1) is 0 Å². The number of rotatable bonds is 2. The zero-order valence-corrected chi connectivity index (χ0v) is 11.5. The van der Waals surface area contributed by atoms with Gasteiger partial charge in [0.15, 0.2) is 0 Å². The van der Waals surface area contributed by atoms with Gasteiger partial charge in [-0.05, 0) is 25.3 Å². The molecule has 3 rings (SSSR count). The van der Waals surface area contributed by atoms with Gasteiger partial charge in [0.2, 0.25) is 0 Å². The Kier molecular flexibility index (Phi) is 3.09. The quantitative estimate of drug-likeness (QED) is 0.817. The molecule has 1 unspecified atom stereocenters. The molecule has 0 radical (unpaired) electrons. The lowest BCUT2D eigenvalue weighted by molar-refractivity contribution is -0.136. The Bertz CT molecular complexity index is 427. The minimum absolute atomic E-state index is 0.279. The zero-order chi connectivity index (χ0) is 12.6. The Balaban J connectivity index is 1.75. The van der Waals surface area contributed by atoms with Crippen molar-refractivity contribution in [2.75, 3.05) is 18.8 Å². The van der Waals surface area contributed by atoms with Crippen molar-refractivity contribution in [3.8, 4) is 0 Å². The third-order valence-corrected chi connectivity index (χ3v) is 5.14. The lowest BCUT2D eigenvalue weighted by Crippen LogP contribution is -2.43. The van der Waals surface area contributed by atoms with Crippen LogP contribution in [-0.2, 0) is 10.3 Å². The predicted octanol–water partition coefficient (Wildman–Crippen LogP) is 1.73. The second kappa shape index (κ2) is 4.61. The van der Waals surface area contributed by atoms with Gasteiger partial charge in [0.1, 0.15) is 5.54 Å². The highest BCUT2D eigenvalue weighted by atomic mass is 32.2. The van der Waals surface area contributed by atoms with Crippen molar-refractivity contribution in [1.29, 1.82) is 0 Å². The third kappa shape index (κ3) is 2.05. The normalized spacial score (nSPS) is 26.7. The molecule has 1 atom stereocenters. The van der Waals surface area contributed by atoms with Crippen LogP contribution < -0.4 is 0 Å². The number of carbonyl (C=O) groups is 1. The molecule has 0 spiro atoms. The molecule has 0 bridgehead atoms. The first-order valence-corrected chi connectivity index (χ1v) is 7.68. The highest BCUT2D eigenvalue weighted by Gasteiger charge is 2.54. The molecular formula is C13H19N3OS. The summed E-state index contributed by atoms with van der Waals surface area (Å²) in [7, 11) is 0. The zero-order valence-electron chi connectivity index (χ0n) is 10.7. The molecule has 2 heterocycles. The van der Waals surface area contributed by atoms with Crippen molar-refractivity contribution in [3.63, 3.8) is 0 Å². The van der Waals surface area contributed by atoms with Crippen LogP contribution in [0.3, 0.4) is 0 Å². The molecule has 1 aromatic heterocycles. The van der Waals surface area contributed by atoms with Crippen LogP contribution >= 0.6 is 11.8 Å². The average molecular weight is 265 g/mol. The molecule has 4 nitrogen and oxygen atoms in total. The van der Waals surface area contributed by atoms with E-state index in [4.69, 9.17) is 0 Å². The number of carbonyl (C=O) groups excluding carboxylic acids is 1. The standard InChI is InChI=1S/C13H19N3OS/c1-11-3-8-15(9-10-18-11)12(17)13(4-5-13)16-7-2-6-14-16/h2,6-7,11H,3-5,8-10H2,1H3. The van der Waals surface area contributed by atoms with Crippen molar-refractivity contribution in [2.45, 2.75) is 37.0 Å². The van der Waals surface area contributed by atoms with Gasteiger partial charge in [-0.1, -0.05) is 6.92 Å². The van der Waals surface area contributed by atoms with Gasteiger partial charge in [-0.3, -0.25) is 9.48 Å². The van der Waals surface area contributed by atoms with Crippen molar-refractivity contribution in [3.05, 3.63) is 18.5 Å². The Morgan fingerprint density at radius 1 is 1.44 bits per heavy atom. The topological polar surface area (TPSA) is 38.1 Å². The Labute approximate surface area is 112 Å². The van der Waals surface area contributed by atoms with E-state index >= 15 is 0 Å². The summed E-state index contributed by atoms with van der Waals surface area (Å²) in [6.07, 6.45) is 6.65. The first kappa shape index (κ1) is 12.1. The maximum absolute atomic E-state index is 12.7. The van der Waals surface area contributed by atoms with E-state index in [0.29, 0.717) is 5.25 Å². The van der Waals surface area contributed by atoms with E-state index in [1.807, 2.05) is 33.6 Å². The number of thioether (sulfide) groups is 1. The van der Waals surface area contributed by atoms with Gasteiger partial charge < -0.3 is 4.90 Å². The molecule has 1 saturated carbocycles. The van der Waals surface area contributed by atoms with Crippen molar-refractivity contribution < 1.29 is 4.79 Å². The van der Waals surface area contributed by atoms with E-state index in [-0.39, 0.29) is 11.4 Å². The number of amides is 1. The largest absolute Gasteiger partial charge is 0.340 e. The third-order valence-electron chi connectivity index (χ3n) is 3.92. The van der Waals surface area contributed by atoms with Crippen LogP contribution in [0.1, 0.15) is 26.2 Å². The number of hydrogen-bond acceptors (Lipinski definition) is 3. The Morgan fingerprint density at radius 3 is 2.94 bits per heavy atom. The van der Waals surface area contributed by atoms with Crippen LogP contribution in [0.5, 0.6) is 0 Å². The van der Waals surface area contributed by atoms with Gasteiger partial charge in [0, 0.05) is 36.5 Å². The highest BCUT2D eigenvalue weighted by Crippen LogP contribution is 2.44. The Morgan fingerprint density at radius 2 is 2.28 bits per heavy atom. The van der Waals surface area contributed by atoms with Crippen molar-refractivity contribution in [1.82, 2.24) is 14.7 Å². The van der Waals surface area contributed by atoms with E-state index in [1.165, 1.54) is 0 Å². The minimum atomic E-state index is -0.345. The molecule has 0 aromatic carbocycles. The molecule has 1 amide bonds. The molecule has 1 saturated heterocycles. The fourth-order valence-corrected chi connectivity index (χ4v) is 3.58. The molecule has 18 heavy (non-hydrogen) atoms. The summed E-state index contributed by atoms with van der Waals surface area (Å²) in [5.41, 5.74) is -0.345. The molecule has 1 aliphatic carbocycles. The highest BCUT2D eigenvalue weighted by molar-refractivity contribution is 7.99. The summed E-state index contributed by atoms with van der Waals surface area (Å²) in [6.45, 7) is 4.03. The van der Waals surface area contributed by atoms with Crippen molar-refractivity contribution in [2.24, 2.45) is 0 Å². The van der Waals surface area contributed by atoms with E-state index in [1.54, 1.807) is 6.20 Å².